The van der Waals surface area contributed by atoms with Crippen molar-refractivity contribution in [2.75, 3.05) is 11.4 Å². The zero-order valence-electron chi connectivity index (χ0n) is 12.3. The van der Waals surface area contributed by atoms with Crippen molar-refractivity contribution in [3.05, 3.63) is 10.6 Å². The SMILES string of the molecule is CCN(c1nc(C2CC2)c(CNC(C)C)s1)C1CC1. The Morgan fingerprint density at radius 2 is 2.05 bits per heavy atom. The fourth-order valence-corrected chi connectivity index (χ4v) is 3.74. The van der Waals surface area contributed by atoms with Gasteiger partial charge in [-0.2, -0.15) is 0 Å². The van der Waals surface area contributed by atoms with Gasteiger partial charge in [-0.05, 0) is 32.6 Å². The number of nitrogens with one attached hydrogen (secondary N) is 1. The average Bonchev–Trinajstić information content (AvgIpc) is 3.26. The predicted octanol–water partition coefficient (Wildman–Crippen LogP) is 3.51. The van der Waals surface area contributed by atoms with E-state index >= 15 is 0 Å². The monoisotopic (exact) mass is 279 g/mol. The van der Waals surface area contributed by atoms with Crippen molar-refractivity contribution in [3.8, 4) is 0 Å². The summed E-state index contributed by atoms with van der Waals surface area (Å²) in [5.41, 5.74) is 1.40. The van der Waals surface area contributed by atoms with E-state index in [2.05, 4.69) is 31.0 Å². The van der Waals surface area contributed by atoms with Gasteiger partial charge in [0.05, 0.1) is 5.69 Å². The summed E-state index contributed by atoms with van der Waals surface area (Å²) < 4.78 is 0. The van der Waals surface area contributed by atoms with Crippen molar-refractivity contribution in [2.45, 2.75) is 71.0 Å². The minimum atomic E-state index is 0.545. The van der Waals surface area contributed by atoms with Crippen LogP contribution in [0.5, 0.6) is 0 Å². The largest absolute Gasteiger partial charge is 0.345 e. The number of hydrogen-bond acceptors (Lipinski definition) is 4. The van der Waals surface area contributed by atoms with Crippen molar-refractivity contribution in [2.24, 2.45) is 0 Å². The third kappa shape index (κ3) is 3.11. The van der Waals surface area contributed by atoms with Crippen molar-refractivity contribution in [1.29, 1.82) is 0 Å². The second kappa shape index (κ2) is 5.41. The standard InChI is InChI=1S/C15H25N3S/c1-4-18(12-7-8-12)15-17-14(11-5-6-11)13(19-15)9-16-10(2)3/h10-12,16H,4-9H2,1-3H3. The summed E-state index contributed by atoms with van der Waals surface area (Å²) in [7, 11) is 0. The van der Waals surface area contributed by atoms with Gasteiger partial charge >= 0.3 is 0 Å². The highest BCUT2D eigenvalue weighted by Crippen LogP contribution is 2.45. The maximum atomic E-state index is 4.99. The van der Waals surface area contributed by atoms with Gasteiger partial charge in [0.25, 0.3) is 0 Å². The number of anilines is 1. The van der Waals surface area contributed by atoms with E-state index in [1.807, 2.05) is 11.3 Å². The molecule has 0 aromatic carbocycles. The van der Waals surface area contributed by atoms with Gasteiger partial charge in [-0.3, -0.25) is 0 Å². The molecule has 0 radical (unpaired) electrons. The van der Waals surface area contributed by atoms with Crippen molar-refractivity contribution in [1.82, 2.24) is 10.3 Å². The lowest BCUT2D eigenvalue weighted by molar-refractivity contribution is 0.590. The number of nitrogens with zero attached hydrogens (tertiary/aromatic N) is 2. The molecule has 4 heteroatoms. The van der Waals surface area contributed by atoms with Crippen LogP contribution in [-0.2, 0) is 6.54 Å². The van der Waals surface area contributed by atoms with Gasteiger partial charge < -0.3 is 10.2 Å². The first kappa shape index (κ1) is 13.4. The summed E-state index contributed by atoms with van der Waals surface area (Å²) in [5, 5.41) is 4.82. The quantitative estimate of drug-likeness (QED) is 0.828. The molecule has 0 aliphatic heterocycles. The molecule has 1 N–H and O–H groups in total. The maximum Gasteiger partial charge on any atom is 0.186 e. The van der Waals surface area contributed by atoms with Gasteiger partial charge in [-0.15, -0.1) is 11.3 Å². The second-order valence-electron chi connectivity index (χ2n) is 6.13. The highest BCUT2D eigenvalue weighted by atomic mass is 32.1. The van der Waals surface area contributed by atoms with Crippen LogP contribution >= 0.6 is 11.3 Å². The van der Waals surface area contributed by atoms with E-state index in [-0.39, 0.29) is 0 Å². The van der Waals surface area contributed by atoms with Gasteiger partial charge in [0.1, 0.15) is 0 Å². The Bertz CT molecular complexity index is 433. The zero-order valence-corrected chi connectivity index (χ0v) is 13.1. The topological polar surface area (TPSA) is 28.2 Å². The predicted molar refractivity (Wildman–Crippen MR) is 82.1 cm³/mol. The van der Waals surface area contributed by atoms with Gasteiger partial charge in [0, 0.05) is 36.0 Å². The first-order valence-corrected chi connectivity index (χ1v) is 8.50. The highest BCUT2D eigenvalue weighted by molar-refractivity contribution is 7.15. The molecule has 0 bridgehead atoms. The second-order valence-corrected chi connectivity index (χ2v) is 7.19. The molecule has 2 aliphatic carbocycles. The fraction of sp³-hybridized carbons (Fsp3) is 0.800. The molecule has 3 nitrogen and oxygen atoms in total. The van der Waals surface area contributed by atoms with Gasteiger partial charge in [-0.25, -0.2) is 4.98 Å². The van der Waals surface area contributed by atoms with E-state index in [9.17, 15) is 0 Å². The number of thiazole rings is 1. The maximum absolute atomic E-state index is 4.99. The lowest BCUT2D eigenvalue weighted by atomic mass is 10.2. The summed E-state index contributed by atoms with van der Waals surface area (Å²) >= 11 is 1.92. The minimum absolute atomic E-state index is 0.545. The van der Waals surface area contributed by atoms with E-state index in [1.165, 1.54) is 41.4 Å². The van der Waals surface area contributed by atoms with Gasteiger partial charge in [0.15, 0.2) is 5.13 Å². The van der Waals surface area contributed by atoms with Crippen molar-refractivity contribution < 1.29 is 0 Å². The van der Waals surface area contributed by atoms with Crippen LogP contribution < -0.4 is 10.2 Å². The van der Waals surface area contributed by atoms with Crippen LogP contribution in [0.25, 0.3) is 0 Å². The Morgan fingerprint density at radius 3 is 2.58 bits per heavy atom. The Balaban J connectivity index is 1.78. The van der Waals surface area contributed by atoms with Crippen molar-refractivity contribution in [3.63, 3.8) is 0 Å². The summed E-state index contributed by atoms with van der Waals surface area (Å²) in [6.07, 6.45) is 5.39. The van der Waals surface area contributed by atoms with E-state index < -0.39 is 0 Å². The summed E-state index contributed by atoms with van der Waals surface area (Å²) in [5.74, 6) is 0.756. The highest BCUT2D eigenvalue weighted by Gasteiger charge is 2.34. The molecule has 0 spiro atoms. The van der Waals surface area contributed by atoms with Crippen LogP contribution in [0.3, 0.4) is 0 Å². The lowest BCUT2D eigenvalue weighted by Gasteiger charge is -2.18. The molecule has 2 fully saturated rings. The molecule has 2 aliphatic rings. The van der Waals surface area contributed by atoms with Crippen LogP contribution in [-0.4, -0.2) is 23.6 Å². The Morgan fingerprint density at radius 1 is 1.32 bits per heavy atom. The Kier molecular flexibility index (Phi) is 3.81. The molecular weight excluding hydrogens is 254 g/mol. The average molecular weight is 279 g/mol. The van der Waals surface area contributed by atoms with Crippen LogP contribution in [0.4, 0.5) is 5.13 Å². The fourth-order valence-electron chi connectivity index (χ4n) is 2.51. The molecule has 1 aromatic heterocycles. The third-order valence-corrected chi connectivity index (χ3v) is 5.03. The normalized spacial score (nSPS) is 19.2. The molecule has 3 rings (SSSR count). The van der Waals surface area contributed by atoms with E-state index in [1.54, 1.807) is 0 Å². The summed E-state index contributed by atoms with van der Waals surface area (Å²) in [6.45, 7) is 8.76. The van der Waals surface area contributed by atoms with Crippen LogP contribution in [0, 0.1) is 0 Å². The van der Waals surface area contributed by atoms with Gasteiger partial charge in [0.2, 0.25) is 0 Å². The van der Waals surface area contributed by atoms with E-state index in [0.717, 1.165) is 25.0 Å². The molecule has 1 aromatic rings. The van der Waals surface area contributed by atoms with Gasteiger partial charge in [-0.1, -0.05) is 13.8 Å². The molecular formula is C15H25N3S. The van der Waals surface area contributed by atoms with Crippen LogP contribution in [0.1, 0.15) is 62.9 Å². The molecule has 0 atom stereocenters. The zero-order chi connectivity index (χ0) is 13.4. The number of hydrogen-bond donors (Lipinski definition) is 1. The molecule has 0 saturated heterocycles. The van der Waals surface area contributed by atoms with Crippen LogP contribution in [0.2, 0.25) is 0 Å². The molecule has 19 heavy (non-hydrogen) atoms. The van der Waals surface area contributed by atoms with Crippen LogP contribution in [0.15, 0.2) is 0 Å². The molecule has 0 amide bonds. The van der Waals surface area contributed by atoms with E-state index in [0.29, 0.717) is 6.04 Å². The first-order chi connectivity index (χ1) is 9.19. The van der Waals surface area contributed by atoms with E-state index in [4.69, 9.17) is 4.98 Å². The lowest BCUT2D eigenvalue weighted by Crippen LogP contribution is -2.24. The summed E-state index contributed by atoms with van der Waals surface area (Å²) in [4.78, 5) is 8.97. The number of aromatic nitrogens is 1. The van der Waals surface area contributed by atoms with Crippen molar-refractivity contribution >= 4 is 16.5 Å². The number of rotatable bonds is 7. The Labute approximate surface area is 120 Å². The minimum Gasteiger partial charge on any atom is -0.345 e. The molecule has 2 saturated carbocycles. The summed E-state index contributed by atoms with van der Waals surface area (Å²) in [6, 6.07) is 1.32. The third-order valence-electron chi connectivity index (χ3n) is 3.93. The smallest absolute Gasteiger partial charge is 0.186 e. The Hall–Kier alpha value is -0.610. The first-order valence-electron chi connectivity index (χ1n) is 7.68. The molecule has 1 heterocycles. The molecule has 0 unspecified atom stereocenters. The molecule has 106 valence electrons.